The molecule has 18 heavy (non-hydrogen) atoms. The van der Waals surface area contributed by atoms with Gasteiger partial charge in [-0.25, -0.2) is 0 Å². The van der Waals surface area contributed by atoms with Gasteiger partial charge in [0.15, 0.2) is 0 Å². The summed E-state index contributed by atoms with van der Waals surface area (Å²) in [5, 5.41) is 5.65. The highest BCUT2D eigenvalue weighted by atomic mass is 16.5. The monoisotopic (exact) mass is 256 g/mol. The third kappa shape index (κ3) is 5.04. The average Bonchev–Trinajstić information content (AvgIpc) is 2.84. The third-order valence-electron chi connectivity index (χ3n) is 3.34. The van der Waals surface area contributed by atoms with Gasteiger partial charge in [0.05, 0.1) is 0 Å². The first-order valence-corrected chi connectivity index (χ1v) is 6.69. The van der Waals surface area contributed by atoms with Crippen molar-refractivity contribution >= 4 is 11.8 Å². The SMILES string of the molecule is COCCCNC(=O)C(NC(C)=O)C1CCCC1. The van der Waals surface area contributed by atoms with Crippen molar-refractivity contribution in [2.75, 3.05) is 20.3 Å². The van der Waals surface area contributed by atoms with Crippen molar-refractivity contribution in [3.63, 3.8) is 0 Å². The molecule has 5 nitrogen and oxygen atoms in total. The van der Waals surface area contributed by atoms with Crippen molar-refractivity contribution in [2.24, 2.45) is 5.92 Å². The predicted octanol–water partition coefficient (Wildman–Crippen LogP) is 0.834. The Morgan fingerprint density at radius 2 is 2.00 bits per heavy atom. The molecule has 0 saturated heterocycles. The van der Waals surface area contributed by atoms with E-state index in [1.807, 2.05) is 0 Å². The zero-order chi connectivity index (χ0) is 13.4. The van der Waals surface area contributed by atoms with Gasteiger partial charge in [-0.3, -0.25) is 9.59 Å². The number of carbonyl (C=O) groups excluding carboxylic acids is 2. The van der Waals surface area contributed by atoms with E-state index < -0.39 is 0 Å². The van der Waals surface area contributed by atoms with Gasteiger partial charge in [-0.15, -0.1) is 0 Å². The van der Waals surface area contributed by atoms with Crippen molar-refractivity contribution < 1.29 is 14.3 Å². The van der Waals surface area contributed by atoms with Crippen LogP contribution in [0.15, 0.2) is 0 Å². The highest BCUT2D eigenvalue weighted by molar-refractivity contribution is 5.87. The molecule has 0 aromatic rings. The second-order valence-corrected chi connectivity index (χ2v) is 4.86. The number of carbonyl (C=O) groups is 2. The number of hydrogen-bond donors (Lipinski definition) is 2. The van der Waals surface area contributed by atoms with Crippen LogP contribution in [-0.4, -0.2) is 38.1 Å². The van der Waals surface area contributed by atoms with Crippen molar-refractivity contribution in [3.8, 4) is 0 Å². The van der Waals surface area contributed by atoms with Crippen molar-refractivity contribution in [1.29, 1.82) is 0 Å². The van der Waals surface area contributed by atoms with Crippen LogP contribution < -0.4 is 10.6 Å². The van der Waals surface area contributed by atoms with Crippen LogP contribution in [0.2, 0.25) is 0 Å². The molecular weight excluding hydrogens is 232 g/mol. The summed E-state index contributed by atoms with van der Waals surface area (Å²) in [7, 11) is 1.64. The Hall–Kier alpha value is -1.10. The smallest absolute Gasteiger partial charge is 0.242 e. The highest BCUT2D eigenvalue weighted by Gasteiger charge is 2.30. The Morgan fingerprint density at radius 3 is 2.56 bits per heavy atom. The fourth-order valence-corrected chi connectivity index (χ4v) is 2.45. The Balaban J connectivity index is 2.42. The Morgan fingerprint density at radius 1 is 1.33 bits per heavy atom. The lowest BCUT2D eigenvalue weighted by atomic mass is 9.97. The molecule has 104 valence electrons. The van der Waals surface area contributed by atoms with E-state index >= 15 is 0 Å². The van der Waals surface area contributed by atoms with Crippen LogP contribution in [0.4, 0.5) is 0 Å². The van der Waals surface area contributed by atoms with Gasteiger partial charge in [0.25, 0.3) is 0 Å². The van der Waals surface area contributed by atoms with Gasteiger partial charge >= 0.3 is 0 Å². The maximum Gasteiger partial charge on any atom is 0.242 e. The first-order valence-electron chi connectivity index (χ1n) is 6.69. The molecule has 1 fully saturated rings. The minimum absolute atomic E-state index is 0.0618. The Bertz CT molecular complexity index is 275. The van der Waals surface area contributed by atoms with Gasteiger partial charge in [0, 0.05) is 27.2 Å². The minimum Gasteiger partial charge on any atom is -0.385 e. The predicted molar refractivity (Wildman–Crippen MR) is 69.1 cm³/mol. The summed E-state index contributed by atoms with van der Waals surface area (Å²) in [4.78, 5) is 23.2. The standard InChI is InChI=1S/C13H24N2O3/c1-10(16)15-12(11-6-3-4-7-11)13(17)14-8-5-9-18-2/h11-12H,3-9H2,1-2H3,(H,14,17)(H,15,16). The quantitative estimate of drug-likeness (QED) is 0.663. The van der Waals surface area contributed by atoms with Crippen molar-refractivity contribution in [3.05, 3.63) is 0 Å². The van der Waals surface area contributed by atoms with E-state index in [2.05, 4.69) is 10.6 Å². The molecule has 2 amide bonds. The molecule has 5 heteroatoms. The van der Waals surface area contributed by atoms with E-state index in [1.54, 1.807) is 7.11 Å². The molecule has 1 rings (SSSR count). The van der Waals surface area contributed by atoms with Crippen LogP contribution in [0.3, 0.4) is 0 Å². The molecule has 1 unspecified atom stereocenters. The summed E-state index contributed by atoms with van der Waals surface area (Å²) in [6.45, 7) is 2.68. The molecule has 0 aromatic carbocycles. The van der Waals surface area contributed by atoms with Gasteiger partial charge in [-0.1, -0.05) is 12.8 Å². The van der Waals surface area contributed by atoms with Crippen LogP contribution in [0.5, 0.6) is 0 Å². The second kappa shape index (κ2) is 8.08. The molecule has 0 spiro atoms. The van der Waals surface area contributed by atoms with E-state index in [0.717, 1.165) is 32.1 Å². The van der Waals surface area contributed by atoms with E-state index in [1.165, 1.54) is 6.92 Å². The first kappa shape index (κ1) is 15.0. The number of ether oxygens (including phenoxy) is 1. The summed E-state index contributed by atoms with van der Waals surface area (Å²) in [6.07, 6.45) is 5.14. The number of amides is 2. The van der Waals surface area contributed by atoms with Gasteiger partial charge in [-0.05, 0) is 25.2 Å². The van der Waals surface area contributed by atoms with E-state index in [9.17, 15) is 9.59 Å². The molecular formula is C13H24N2O3. The Labute approximate surface area is 109 Å². The minimum atomic E-state index is -0.368. The number of nitrogens with one attached hydrogen (secondary N) is 2. The molecule has 1 atom stereocenters. The van der Waals surface area contributed by atoms with Crippen LogP contribution in [-0.2, 0) is 14.3 Å². The lowest BCUT2D eigenvalue weighted by molar-refractivity contribution is -0.129. The molecule has 0 aromatic heterocycles. The largest absolute Gasteiger partial charge is 0.385 e. The summed E-state index contributed by atoms with van der Waals surface area (Å²) in [6, 6.07) is -0.368. The fraction of sp³-hybridized carbons (Fsp3) is 0.846. The van der Waals surface area contributed by atoms with E-state index in [0.29, 0.717) is 13.2 Å². The topological polar surface area (TPSA) is 67.4 Å². The number of methoxy groups -OCH3 is 1. The molecule has 0 heterocycles. The van der Waals surface area contributed by atoms with Crippen molar-refractivity contribution in [1.82, 2.24) is 10.6 Å². The van der Waals surface area contributed by atoms with Gasteiger partial charge in [0.2, 0.25) is 11.8 Å². The van der Waals surface area contributed by atoms with Crippen LogP contribution in [0.1, 0.15) is 39.0 Å². The summed E-state index contributed by atoms with van der Waals surface area (Å²) < 4.78 is 4.93. The maximum absolute atomic E-state index is 12.1. The highest BCUT2D eigenvalue weighted by Crippen LogP contribution is 2.27. The molecule has 0 aliphatic heterocycles. The van der Waals surface area contributed by atoms with Crippen LogP contribution in [0, 0.1) is 5.92 Å². The van der Waals surface area contributed by atoms with E-state index in [-0.39, 0.29) is 23.8 Å². The number of rotatable bonds is 7. The lowest BCUT2D eigenvalue weighted by Crippen LogP contribution is -2.50. The Kier molecular flexibility index (Phi) is 6.72. The van der Waals surface area contributed by atoms with E-state index in [4.69, 9.17) is 4.74 Å². The summed E-state index contributed by atoms with van der Waals surface area (Å²) >= 11 is 0. The van der Waals surface area contributed by atoms with Crippen molar-refractivity contribution in [2.45, 2.75) is 45.1 Å². The lowest BCUT2D eigenvalue weighted by Gasteiger charge is -2.23. The molecule has 0 bridgehead atoms. The van der Waals surface area contributed by atoms with Gasteiger partial charge < -0.3 is 15.4 Å². The third-order valence-corrected chi connectivity index (χ3v) is 3.34. The fourth-order valence-electron chi connectivity index (χ4n) is 2.45. The molecule has 1 aliphatic rings. The molecule has 1 aliphatic carbocycles. The van der Waals surface area contributed by atoms with Crippen LogP contribution >= 0.6 is 0 Å². The normalized spacial score (nSPS) is 17.4. The number of hydrogen-bond acceptors (Lipinski definition) is 3. The van der Waals surface area contributed by atoms with Gasteiger partial charge in [-0.2, -0.15) is 0 Å². The second-order valence-electron chi connectivity index (χ2n) is 4.86. The molecule has 1 saturated carbocycles. The first-order chi connectivity index (χ1) is 8.65. The summed E-state index contributed by atoms with van der Waals surface area (Å²) in [5.74, 6) is 0.0865. The molecule has 0 radical (unpaired) electrons. The molecule has 2 N–H and O–H groups in total. The maximum atomic E-state index is 12.1. The average molecular weight is 256 g/mol. The van der Waals surface area contributed by atoms with Gasteiger partial charge in [0.1, 0.15) is 6.04 Å². The van der Waals surface area contributed by atoms with Crippen LogP contribution in [0.25, 0.3) is 0 Å². The zero-order valence-corrected chi connectivity index (χ0v) is 11.3. The zero-order valence-electron chi connectivity index (χ0n) is 11.3. The summed E-state index contributed by atoms with van der Waals surface area (Å²) in [5.41, 5.74) is 0.